The van der Waals surface area contributed by atoms with Crippen molar-refractivity contribution in [3.8, 4) is 0 Å². The van der Waals surface area contributed by atoms with Crippen LogP contribution < -0.4 is 5.32 Å². The largest absolute Gasteiger partial charge is 0.352 e. The molecule has 0 radical (unpaired) electrons. The van der Waals surface area contributed by atoms with E-state index in [1.165, 1.54) is 6.92 Å². The van der Waals surface area contributed by atoms with E-state index in [0.717, 1.165) is 26.2 Å². The first-order valence-electron chi connectivity index (χ1n) is 8.88. The summed E-state index contributed by atoms with van der Waals surface area (Å²) in [6.07, 6.45) is 4.11. The number of hydrogen-bond acceptors (Lipinski definition) is 3. The minimum absolute atomic E-state index is 0.0397. The number of carbonyl (C=O) groups excluding carboxylic acids is 2. The smallest absolute Gasteiger partial charge is 0.246 e. The normalized spacial score (nSPS) is 16.5. The predicted octanol–water partition coefficient (Wildman–Crippen LogP) is 5.00. The van der Waals surface area contributed by atoms with Crippen molar-refractivity contribution in [2.24, 2.45) is 0 Å². The van der Waals surface area contributed by atoms with E-state index in [-0.39, 0.29) is 17.9 Å². The zero-order valence-corrected chi connectivity index (χ0v) is 18.5. The van der Waals surface area contributed by atoms with Crippen LogP contribution in [0.1, 0.15) is 18.9 Å². The maximum atomic E-state index is 12.4. The molecule has 1 unspecified atom stereocenters. The molecule has 1 aliphatic rings. The van der Waals surface area contributed by atoms with E-state index in [0.29, 0.717) is 18.1 Å². The highest BCUT2D eigenvalue weighted by Gasteiger charge is 2.25. The first-order chi connectivity index (χ1) is 13.4. The predicted molar refractivity (Wildman–Crippen MR) is 118 cm³/mol. The van der Waals surface area contributed by atoms with Crippen LogP contribution in [0.25, 0.3) is 6.08 Å². The zero-order chi connectivity index (χ0) is 20.1. The van der Waals surface area contributed by atoms with Crippen molar-refractivity contribution in [3.63, 3.8) is 0 Å². The molecule has 2 amide bonds. The summed E-state index contributed by atoms with van der Waals surface area (Å²) < 4.78 is 1.02. The number of hydrogen-bond donors (Lipinski definition) is 1. The van der Waals surface area contributed by atoms with Gasteiger partial charge in [-0.15, -0.1) is 0 Å². The van der Waals surface area contributed by atoms with E-state index in [1.54, 1.807) is 28.8 Å². The molecule has 1 N–H and O–H groups in total. The van der Waals surface area contributed by atoms with Gasteiger partial charge in [-0.05, 0) is 58.3 Å². The lowest BCUT2D eigenvalue weighted by Gasteiger charge is -2.14. The van der Waals surface area contributed by atoms with Crippen molar-refractivity contribution in [1.82, 2.24) is 10.2 Å². The molecule has 1 fully saturated rings. The fourth-order valence-corrected chi connectivity index (χ4v) is 4.66. The molecule has 2 aromatic carbocycles. The van der Waals surface area contributed by atoms with Gasteiger partial charge in [-0.25, -0.2) is 0 Å². The molecular weight excluding hydrogens is 460 g/mol. The van der Waals surface area contributed by atoms with Crippen LogP contribution in [0.15, 0.2) is 62.8 Å². The van der Waals surface area contributed by atoms with Gasteiger partial charge in [0.2, 0.25) is 11.8 Å². The van der Waals surface area contributed by atoms with Crippen LogP contribution in [-0.2, 0) is 9.59 Å². The highest BCUT2D eigenvalue weighted by molar-refractivity contribution is 9.10. The van der Waals surface area contributed by atoms with E-state index >= 15 is 0 Å². The summed E-state index contributed by atoms with van der Waals surface area (Å²) >= 11 is 11.6. The summed E-state index contributed by atoms with van der Waals surface area (Å²) in [6, 6.07) is 13.8. The number of nitrogens with one attached hydrogen (secondary N) is 1. The number of carbonyl (C=O) groups is 2. The molecule has 3 rings (SSSR count). The number of amides is 2. The Hall–Kier alpha value is -1.76. The minimum atomic E-state index is -0.0648. The fourth-order valence-electron chi connectivity index (χ4n) is 2.99. The topological polar surface area (TPSA) is 49.4 Å². The SMILES string of the molecule is CC(=O)NC1CCN(C(=O)/C=C/c2ccc(Sc3ccccc3Br)c(Cl)c2)C1. The Morgan fingerprint density at radius 3 is 2.75 bits per heavy atom. The molecule has 7 heteroatoms. The van der Waals surface area contributed by atoms with E-state index in [2.05, 4.69) is 21.2 Å². The van der Waals surface area contributed by atoms with E-state index < -0.39 is 0 Å². The number of nitrogens with zero attached hydrogens (tertiary/aromatic N) is 1. The summed E-state index contributed by atoms with van der Waals surface area (Å²) in [5, 5.41) is 3.50. The van der Waals surface area contributed by atoms with Crippen LogP contribution >= 0.6 is 39.3 Å². The number of benzene rings is 2. The van der Waals surface area contributed by atoms with Gasteiger partial charge in [-0.2, -0.15) is 0 Å². The van der Waals surface area contributed by atoms with Gasteiger partial charge in [0.15, 0.2) is 0 Å². The highest BCUT2D eigenvalue weighted by Crippen LogP contribution is 2.37. The maximum Gasteiger partial charge on any atom is 0.246 e. The van der Waals surface area contributed by atoms with E-state index in [4.69, 9.17) is 11.6 Å². The molecule has 0 aliphatic carbocycles. The molecule has 2 aromatic rings. The van der Waals surface area contributed by atoms with Crippen LogP contribution in [0.4, 0.5) is 0 Å². The van der Waals surface area contributed by atoms with Crippen LogP contribution in [0.5, 0.6) is 0 Å². The zero-order valence-electron chi connectivity index (χ0n) is 15.3. The highest BCUT2D eigenvalue weighted by atomic mass is 79.9. The first-order valence-corrected chi connectivity index (χ1v) is 10.9. The molecule has 4 nitrogen and oxygen atoms in total. The Bertz CT molecular complexity index is 919. The quantitative estimate of drug-likeness (QED) is 0.614. The molecule has 0 bridgehead atoms. The summed E-state index contributed by atoms with van der Waals surface area (Å²) in [7, 11) is 0. The lowest BCUT2D eigenvalue weighted by atomic mass is 10.2. The fraction of sp³-hybridized carbons (Fsp3) is 0.238. The molecule has 1 heterocycles. The van der Waals surface area contributed by atoms with Gasteiger partial charge in [0.05, 0.1) is 5.02 Å². The Morgan fingerprint density at radius 2 is 2.04 bits per heavy atom. The molecule has 146 valence electrons. The third kappa shape index (κ3) is 5.63. The second-order valence-electron chi connectivity index (χ2n) is 6.53. The Kier molecular flexibility index (Phi) is 7.21. The van der Waals surface area contributed by atoms with Gasteiger partial charge in [-0.1, -0.05) is 41.6 Å². The summed E-state index contributed by atoms with van der Waals surface area (Å²) in [5.74, 6) is -0.124. The minimum Gasteiger partial charge on any atom is -0.352 e. The molecule has 1 aliphatic heterocycles. The Morgan fingerprint density at radius 1 is 1.25 bits per heavy atom. The van der Waals surface area contributed by atoms with Gasteiger partial charge in [0.1, 0.15) is 0 Å². The average molecular weight is 480 g/mol. The monoisotopic (exact) mass is 478 g/mol. The number of rotatable bonds is 5. The second-order valence-corrected chi connectivity index (χ2v) is 8.87. The maximum absolute atomic E-state index is 12.4. The lowest BCUT2D eigenvalue weighted by Crippen LogP contribution is -2.36. The van der Waals surface area contributed by atoms with Crippen LogP contribution in [0.3, 0.4) is 0 Å². The van der Waals surface area contributed by atoms with Crippen molar-refractivity contribution < 1.29 is 9.59 Å². The molecule has 1 atom stereocenters. The standard InChI is InChI=1S/C21H20BrClN2O2S/c1-14(26)24-16-10-11-25(13-16)21(27)9-7-15-6-8-20(18(23)12-15)28-19-5-3-2-4-17(19)22/h2-9,12,16H,10-11,13H2,1H3,(H,24,26)/b9-7+. The molecule has 1 saturated heterocycles. The number of likely N-dealkylation sites (tertiary alicyclic amines) is 1. The molecule has 0 spiro atoms. The first kappa shape index (κ1) is 21.0. The van der Waals surface area contributed by atoms with Crippen molar-refractivity contribution in [1.29, 1.82) is 0 Å². The average Bonchev–Trinajstić information content (AvgIpc) is 3.11. The Balaban J connectivity index is 1.62. The van der Waals surface area contributed by atoms with Crippen molar-refractivity contribution >= 4 is 57.2 Å². The van der Waals surface area contributed by atoms with Crippen LogP contribution in [0, 0.1) is 0 Å². The number of halogens is 2. The van der Waals surface area contributed by atoms with Crippen molar-refractivity contribution in [3.05, 3.63) is 63.6 Å². The lowest BCUT2D eigenvalue weighted by molar-refractivity contribution is -0.125. The summed E-state index contributed by atoms with van der Waals surface area (Å²) in [4.78, 5) is 27.3. The van der Waals surface area contributed by atoms with E-state index in [9.17, 15) is 9.59 Å². The molecule has 0 aromatic heterocycles. The van der Waals surface area contributed by atoms with Gasteiger partial charge >= 0.3 is 0 Å². The Labute approximate surface area is 182 Å². The van der Waals surface area contributed by atoms with Gasteiger partial charge in [-0.3, -0.25) is 9.59 Å². The molecular formula is C21H20BrClN2O2S. The van der Waals surface area contributed by atoms with Gasteiger partial charge in [0, 0.05) is 46.4 Å². The summed E-state index contributed by atoms with van der Waals surface area (Å²) in [6.45, 7) is 2.69. The van der Waals surface area contributed by atoms with Crippen molar-refractivity contribution in [2.45, 2.75) is 29.2 Å². The van der Waals surface area contributed by atoms with Crippen molar-refractivity contribution in [2.75, 3.05) is 13.1 Å². The third-order valence-corrected chi connectivity index (χ3v) is 6.87. The van der Waals surface area contributed by atoms with E-state index in [1.807, 2.05) is 42.5 Å². The third-order valence-electron chi connectivity index (χ3n) is 4.34. The van der Waals surface area contributed by atoms with Crippen LogP contribution in [-0.4, -0.2) is 35.8 Å². The molecule has 0 saturated carbocycles. The van der Waals surface area contributed by atoms with Crippen LogP contribution in [0.2, 0.25) is 5.02 Å². The van der Waals surface area contributed by atoms with Gasteiger partial charge < -0.3 is 10.2 Å². The second kappa shape index (κ2) is 9.63. The van der Waals surface area contributed by atoms with Gasteiger partial charge in [0.25, 0.3) is 0 Å². The molecule has 28 heavy (non-hydrogen) atoms. The summed E-state index contributed by atoms with van der Waals surface area (Å²) in [5.41, 5.74) is 0.868.